The first kappa shape index (κ1) is 22.5. The molecular formula is C21H33N3O6S. The summed E-state index contributed by atoms with van der Waals surface area (Å²) in [5.41, 5.74) is -0.000675. The van der Waals surface area contributed by atoms with Gasteiger partial charge in [0, 0.05) is 19.6 Å². The molecule has 10 heteroatoms. The highest BCUT2D eigenvalue weighted by Gasteiger charge is 2.56. The van der Waals surface area contributed by atoms with Crippen molar-refractivity contribution in [3.05, 3.63) is 0 Å². The zero-order valence-corrected chi connectivity index (χ0v) is 18.8. The molecule has 2 saturated carbocycles. The molecule has 2 atom stereocenters. The van der Waals surface area contributed by atoms with E-state index in [9.17, 15) is 28.0 Å². The van der Waals surface area contributed by atoms with Crippen LogP contribution in [0.3, 0.4) is 0 Å². The van der Waals surface area contributed by atoms with Gasteiger partial charge in [-0.15, -0.1) is 0 Å². The van der Waals surface area contributed by atoms with Crippen LogP contribution >= 0.6 is 0 Å². The topological polar surface area (TPSA) is 115 Å². The van der Waals surface area contributed by atoms with Gasteiger partial charge in [0.05, 0.1) is 24.0 Å². The SMILES string of the molecule is O=CN(O)C[C@@H](CC1CCCC1)C(=O)N1CC2(CC2)C[C@H]1C(=O)N1CCS(=O)(=O)CC1. The Morgan fingerprint density at radius 1 is 1.16 bits per heavy atom. The molecule has 174 valence electrons. The van der Waals surface area contributed by atoms with Gasteiger partial charge >= 0.3 is 0 Å². The van der Waals surface area contributed by atoms with Gasteiger partial charge in [0.1, 0.15) is 6.04 Å². The predicted molar refractivity (Wildman–Crippen MR) is 112 cm³/mol. The van der Waals surface area contributed by atoms with Crippen LogP contribution in [-0.4, -0.2) is 90.4 Å². The first-order valence-corrected chi connectivity index (χ1v) is 13.2. The van der Waals surface area contributed by atoms with Crippen molar-refractivity contribution in [1.82, 2.24) is 14.9 Å². The van der Waals surface area contributed by atoms with Crippen molar-refractivity contribution >= 4 is 28.1 Å². The standard InChI is InChI=1S/C21H33N3O6S/c25-15-23(28)13-17(11-16-3-1-2-4-16)19(26)24-14-21(5-6-21)12-18(24)20(27)22-7-9-31(29,30)10-8-22/h15-18,28H,1-14H2/t17-,18+/m1/s1. The second kappa shape index (κ2) is 8.69. The maximum absolute atomic E-state index is 13.6. The number of likely N-dealkylation sites (tertiary alicyclic amines) is 1. The summed E-state index contributed by atoms with van der Waals surface area (Å²) in [7, 11) is -3.10. The minimum Gasteiger partial charge on any atom is -0.339 e. The smallest absolute Gasteiger partial charge is 0.245 e. The molecule has 0 aromatic carbocycles. The third kappa shape index (κ3) is 5.05. The molecule has 2 saturated heterocycles. The van der Waals surface area contributed by atoms with E-state index in [1.165, 1.54) is 0 Å². The van der Waals surface area contributed by atoms with Crippen LogP contribution in [-0.2, 0) is 24.2 Å². The van der Waals surface area contributed by atoms with Crippen molar-refractivity contribution in [3.8, 4) is 0 Å². The molecule has 1 spiro atoms. The molecule has 0 aromatic rings. The molecule has 2 aliphatic heterocycles. The maximum atomic E-state index is 13.6. The number of sulfone groups is 1. The van der Waals surface area contributed by atoms with Crippen LogP contribution in [0.5, 0.6) is 0 Å². The third-order valence-electron chi connectivity index (χ3n) is 7.66. The molecule has 4 aliphatic rings. The summed E-state index contributed by atoms with van der Waals surface area (Å²) in [6, 6.07) is -0.578. The lowest BCUT2D eigenvalue weighted by Crippen LogP contribution is -2.53. The van der Waals surface area contributed by atoms with E-state index in [4.69, 9.17) is 0 Å². The van der Waals surface area contributed by atoms with Crippen LogP contribution in [0, 0.1) is 17.3 Å². The van der Waals surface area contributed by atoms with E-state index < -0.39 is 21.8 Å². The van der Waals surface area contributed by atoms with Crippen molar-refractivity contribution in [1.29, 1.82) is 0 Å². The number of amides is 3. The summed E-state index contributed by atoms with van der Waals surface area (Å²) in [6.45, 7) is 0.814. The zero-order chi connectivity index (χ0) is 22.2. The molecule has 1 N–H and O–H groups in total. The number of carbonyl (C=O) groups is 3. The molecule has 2 heterocycles. The van der Waals surface area contributed by atoms with Crippen LogP contribution in [0.4, 0.5) is 0 Å². The van der Waals surface area contributed by atoms with Crippen molar-refractivity contribution in [2.24, 2.45) is 17.3 Å². The van der Waals surface area contributed by atoms with Crippen molar-refractivity contribution in [2.75, 3.05) is 37.7 Å². The lowest BCUT2D eigenvalue weighted by Gasteiger charge is -2.34. The molecule has 3 amide bonds. The van der Waals surface area contributed by atoms with E-state index in [0.717, 1.165) is 38.5 Å². The maximum Gasteiger partial charge on any atom is 0.245 e. The summed E-state index contributed by atoms with van der Waals surface area (Å²) in [5, 5.41) is 10.3. The Morgan fingerprint density at radius 3 is 2.39 bits per heavy atom. The summed E-state index contributed by atoms with van der Waals surface area (Å²) < 4.78 is 23.5. The molecular weight excluding hydrogens is 422 g/mol. The van der Waals surface area contributed by atoms with Gasteiger partial charge in [-0.25, -0.2) is 13.5 Å². The van der Waals surface area contributed by atoms with Crippen LogP contribution in [0.2, 0.25) is 0 Å². The van der Waals surface area contributed by atoms with Gasteiger partial charge in [-0.1, -0.05) is 25.7 Å². The minimum atomic E-state index is -3.10. The van der Waals surface area contributed by atoms with Crippen LogP contribution < -0.4 is 0 Å². The second-order valence-electron chi connectivity index (χ2n) is 9.97. The van der Waals surface area contributed by atoms with Crippen molar-refractivity contribution in [3.63, 3.8) is 0 Å². The molecule has 0 radical (unpaired) electrons. The fourth-order valence-electron chi connectivity index (χ4n) is 5.60. The van der Waals surface area contributed by atoms with Gasteiger partial charge in [0.2, 0.25) is 18.2 Å². The first-order valence-electron chi connectivity index (χ1n) is 11.4. The molecule has 4 rings (SSSR count). The third-order valence-corrected chi connectivity index (χ3v) is 9.27. The van der Waals surface area contributed by atoms with Crippen LogP contribution in [0.25, 0.3) is 0 Å². The highest BCUT2D eigenvalue weighted by Crippen LogP contribution is 2.55. The molecule has 31 heavy (non-hydrogen) atoms. The van der Waals surface area contributed by atoms with Gasteiger partial charge in [-0.2, -0.15) is 0 Å². The largest absolute Gasteiger partial charge is 0.339 e. The fourth-order valence-corrected chi connectivity index (χ4v) is 6.80. The van der Waals surface area contributed by atoms with Crippen molar-refractivity contribution < 1.29 is 28.0 Å². The van der Waals surface area contributed by atoms with Gasteiger partial charge < -0.3 is 9.80 Å². The number of hydrogen-bond acceptors (Lipinski definition) is 6. The summed E-state index contributed by atoms with van der Waals surface area (Å²) in [4.78, 5) is 41.2. The highest BCUT2D eigenvalue weighted by molar-refractivity contribution is 7.91. The quantitative estimate of drug-likeness (QED) is 0.343. The Bertz CT molecular complexity index is 807. The molecule has 0 aromatic heterocycles. The Morgan fingerprint density at radius 2 is 1.81 bits per heavy atom. The van der Waals surface area contributed by atoms with Gasteiger partial charge in [-0.3, -0.25) is 19.6 Å². The first-order chi connectivity index (χ1) is 14.7. The average Bonchev–Trinajstić information content (AvgIpc) is 3.12. The van der Waals surface area contributed by atoms with Gasteiger partial charge in [-0.05, 0) is 37.0 Å². The molecule has 0 bridgehead atoms. The number of hydroxylamine groups is 2. The lowest BCUT2D eigenvalue weighted by atomic mass is 9.91. The Hall–Kier alpha value is -1.68. The van der Waals surface area contributed by atoms with E-state index in [1.54, 1.807) is 9.80 Å². The Balaban J connectivity index is 1.50. The summed E-state index contributed by atoms with van der Waals surface area (Å²) in [5.74, 6) is -0.541. The van der Waals surface area contributed by atoms with Crippen LogP contribution in [0.1, 0.15) is 51.4 Å². The monoisotopic (exact) mass is 455 g/mol. The summed E-state index contributed by atoms with van der Waals surface area (Å²) >= 11 is 0. The highest BCUT2D eigenvalue weighted by atomic mass is 32.2. The van der Waals surface area contributed by atoms with Gasteiger partial charge in [0.15, 0.2) is 9.84 Å². The average molecular weight is 456 g/mol. The number of nitrogens with zero attached hydrogens (tertiary/aromatic N) is 3. The Kier molecular flexibility index (Phi) is 6.31. The lowest BCUT2D eigenvalue weighted by molar-refractivity contribution is -0.159. The number of carbonyl (C=O) groups excluding carboxylic acids is 3. The predicted octanol–water partition coefficient (Wildman–Crippen LogP) is 0.669. The normalized spacial score (nSPS) is 28.0. The number of hydrogen-bond donors (Lipinski definition) is 1. The zero-order valence-electron chi connectivity index (χ0n) is 17.9. The van der Waals surface area contributed by atoms with E-state index in [1.807, 2.05) is 0 Å². The van der Waals surface area contributed by atoms with Gasteiger partial charge in [0.25, 0.3) is 0 Å². The van der Waals surface area contributed by atoms with Crippen molar-refractivity contribution in [2.45, 2.75) is 57.4 Å². The molecule has 0 unspecified atom stereocenters. The molecule has 4 fully saturated rings. The molecule has 9 nitrogen and oxygen atoms in total. The van der Waals surface area contributed by atoms with E-state index in [0.29, 0.717) is 36.8 Å². The second-order valence-corrected chi connectivity index (χ2v) is 12.3. The Labute approximate surface area is 183 Å². The number of rotatable bonds is 7. The summed E-state index contributed by atoms with van der Waals surface area (Å²) in [6.07, 6.45) is 7.88. The van der Waals surface area contributed by atoms with E-state index >= 15 is 0 Å². The molecule has 2 aliphatic carbocycles. The van der Waals surface area contributed by atoms with Crippen LogP contribution in [0.15, 0.2) is 0 Å². The van der Waals surface area contributed by atoms with E-state index in [-0.39, 0.29) is 48.4 Å². The minimum absolute atomic E-state index is 0.000675. The van der Waals surface area contributed by atoms with E-state index in [2.05, 4.69) is 0 Å². The fraction of sp³-hybridized carbons (Fsp3) is 0.857.